The number of carbonyl (C=O) groups excluding carboxylic acids is 1. The lowest BCUT2D eigenvalue weighted by Gasteiger charge is -2.31. The summed E-state index contributed by atoms with van der Waals surface area (Å²) in [5, 5.41) is 4.18. The van der Waals surface area contributed by atoms with Gasteiger partial charge in [0, 0.05) is 24.8 Å². The monoisotopic (exact) mass is 482 g/mol. The molecule has 0 radical (unpaired) electrons. The second kappa shape index (κ2) is 8.68. The molecule has 3 heterocycles. The zero-order valence-corrected chi connectivity index (χ0v) is 18.7. The number of likely N-dealkylation sites (tertiary alicyclic amines) is 1. The van der Waals surface area contributed by atoms with Crippen LogP contribution in [-0.2, 0) is 6.18 Å². The molecule has 0 aliphatic carbocycles. The van der Waals surface area contributed by atoms with Gasteiger partial charge in [0.1, 0.15) is 5.52 Å². The fourth-order valence-corrected chi connectivity index (χ4v) is 4.35. The zero-order valence-electron chi connectivity index (χ0n) is 18.7. The highest BCUT2D eigenvalue weighted by Gasteiger charge is 2.32. The van der Waals surface area contributed by atoms with Crippen molar-refractivity contribution in [2.24, 2.45) is 0 Å². The summed E-state index contributed by atoms with van der Waals surface area (Å²) >= 11 is 0. The molecule has 35 heavy (non-hydrogen) atoms. The number of aromatic nitrogens is 3. The minimum atomic E-state index is -4.53. The molecule has 5 rings (SSSR count). The lowest BCUT2D eigenvalue weighted by molar-refractivity contribution is -0.137. The number of hydrogen-bond donors (Lipinski definition) is 0. The molecule has 180 valence electrons. The summed E-state index contributed by atoms with van der Waals surface area (Å²) in [4.78, 5) is 32.0. The van der Waals surface area contributed by atoms with E-state index in [2.05, 4.69) is 10.1 Å². The highest BCUT2D eigenvalue weighted by molar-refractivity contribution is 5.92. The molecule has 1 aliphatic rings. The second-order valence-corrected chi connectivity index (χ2v) is 8.57. The van der Waals surface area contributed by atoms with Gasteiger partial charge in [-0.2, -0.15) is 18.3 Å². The van der Waals surface area contributed by atoms with E-state index >= 15 is 0 Å². The standard InChI is InChI=1S/C25H21F3N4O3/c1-15-12-20(33)22(30-32(15)18-8-4-7-17(13-18)25(26,27)28)24(34)31-11-5-6-16(14-31)23-29-19-9-2-3-10-21(19)35-23/h2-4,7-10,12-13,16H,5-6,11,14H2,1H3. The van der Waals surface area contributed by atoms with Crippen LogP contribution < -0.4 is 5.43 Å². The molecule has 7 nitrogen and oxygen atoms in total. The molecule has 0 bridgehead atoms. The second-order valence-electron chi connectivity index (χ2n) is 8.57. The van der Waals surface area contributed by atoms with E-state index in [1.54, 1.807) is 6.92 Å². The number of halogens is 3. The molecule has 1 saturated heterocycles. The van der Waals surface area contributed by atoms with E-state index in [-0.39, 0.29) is 17.3 Å². The molecule has 1 atom stereocenters. The molecule has 1 aliphatic heterocycles. The molecule has 4 aromatic rings. The summed E-state index contributed by atoms with van der Waals surface area (Å²) in [6, 6.07) is 13.2. The first-order valence-corrected chi connectivity index (χ1v) is 11.1. The third-order valence-corrected chi connectivity index (χ3v) is 6.10. The van der Waals surface area contributed by atoms with Crippen molar-refractivity contribution in [1.29, 1.82) is 0 Å². The van der Waals surface area contributed by atoms with Crippen LogP contribution in [0.1, 0.15) is 46.4 Å². The largest absolute Gasteiger partial charge is 0.440 e. The average Bonchev–Trinajstić information content (AvgIpc) is 3.28. The van der Waals surface area contributed by atoms with Gasteiger partial charge in [0.25, 0.3) is 5.91 Å². The summed E-state index contributed by atoms with van der Waals surface area (Å²) < 4.78 is 46.6. The van der Waals surface area contributed by atoms with Crippen LogP contribution in [0.4, 0.5) is 13.2 Å². The Hall–Kier alpha value is -3.95. The number of piperidine rings is 1. The van der Waals surface area contributed by atoms with Gasteiger partial charge in [0.15, 0.2) is 17.2 Å². The van der Waals surface area contributed by atoms with E-state index in [4.69, 9.17) is 4.42 Å². The first-order chi connectivity index (χ1) is 16.7. The van der Waals surface area contributed by atoms with Gasteiger partial charge < -0.3 is 9.32 Å². The molecule has 2 aromatic carbocycles. The molecule has 0 N–H and O–H groups in total. The number of rotatable bonds is 3. The minimum Gasteiger partial charge on any atom is -0.440 e. The van der Waals surface area contributed by atoms with Crippen molar-refractivity contribution in [2.45, 2.75) is 31.9 Å². The summed E-state index contributed by atoms with van der Waals surface area (Å²) in [5.74, 6) is -0.185. The molecule has 2 aromatic heterocycles. The number of para-hydroxylation sites is 2. The Morgan fingerprint density at radius 2 is 1.91 bits per heavy atom. The van der Waals surface area contributed by atoms with Crippen molar-refractivity contribution >= 4 is 17.0 Å². The van der Waals surface area contributed by atoms with Gasteiger partial charge in [0.05, 0.1) is 17.2 Å². The number of aryl methyl sites for hydroxylation is 1. The van der Waals surface area contributed by atoms with Crippen molar-refractivity contribution in [2.75, 3.05) is 13.1 Å². The topological polar surface area (TPSA) is 81.2 Å². The molecule has 10 heteroatoms. The molecule has 0 spiro atoms. The first kappa shape index (κ1) is 22.8. The third kappa shape index (κ3) is 4.43. The van der Waals surface area contributed by atoms with Crippen molar-refractivity contribution in [1.82, 2.24) is 19.7 Å². The van der Waals surface area contributed by atoms with Gasteiger partial charge in [-0.25, -0.2) is 9.67 Å². The van der Waals surface area contributed by atoms with Gasteiger partial charge in [0.2, 0.25) is 5.43 Å². The Morgan fingerprint density at radius 3 is 2.69 bits per heavy atom. The highest BCUT2D eigenvalue weighted by atomic mass is 19.4. The number of benzene rings is 2. The SMILES string of the molecule is Cc1cc(=O)c(C(=O)N2CCCC(c3nc4ccccc4o3)C2)nn1-c1cccc(C(F)(F)F)c1. The molecular weight excluding hydrogens is 461 g/mol. The number of oxazole rings is 1. The van der Waals surface area contributed by atoms with Crippen LogP contribution in [0, 0.1) is 6.92 Å². The lowest BCUT2D eigenvalue weighted by atomic mass is 9.97. The Balaban J connectivity index is 1.45. The summed E-state index contributed by atoms with van der Waals surface area (Å²) in [6.45, 7) is 2.27. The van der Waals surface area contributed by atoms with Gasteiger partial charge in [-0.1, -0.05) is 18.2 Å². The number of hydrogen-bond acceptors (Lipinski definition) is 5. The van der Waals surface area contributed by atoms with Crippen molar-refractivity contribution in [3.63, 3.8) is 0 Å². The highest BCUT2D eigenvalue weighted by Crippen LogP contribution is 2.31. The number of nitrogens with zero attached hydrogens (tertiary/aromatic N) is 4. The van der Waals surface area contributed by atoms with Crippen LogP contribution in [0.2, 0.25) is 0 Å². The zero-order chi connectivity index (χ0) is 24.7. The van der Waals surface area contributed by atoms with Gasteiger partial charge in [-0.05, 0) is 50.1 Å². The smallest absolute Gasteiger partial charge is 0.416 e. The van der Waals surface area contributed by atoms with E-state index in [0.717, 1.165) is 24.1 Å². The van der Waals surface area contributed by atoms with Crippen LogP contribution in [0.3, 0.4) is 0 Å². The number of fused-ring (bicyclic) bond motifs is 1. The van der Waals surface area contributed by atoms with Gasteiger partial charge in [-0.15, -0.1) is 0 Å². The van der Waals surface area contributed by atoms with E-state index in [1.165, 1.54) is 27.8 Å². The fraction of sp³-hybridized carbons (Fsp3) is 0.280. The molecule has 1 unspecified atom stereocenters. The molecular formula is C25H21F3N4O3. The average molecular weight is 482 g/mol. The quantitative estimate of drug-likeness (QED) is 0.422. The first-order valence-electron chi connectivity index (χ1n) is 11.1. The maximum atomic E-state index is 13.3. The molecule has 0 saturated carbocycles. The number of amides is 1. The number of carbonyl (C=O) groups is 1. The maximum Gasteiger partial charge on any atom is 0.416 e. The number of alkyl halides is 3. The Morgan fingerprint density at radius 1 is 1.11 bits per heavy atom. The van der Waals surface area contributed by atoms with E-state index in [9.17, 15) is 22.8 Å². The summed E-state index contributed by atoms with van der Waals surface area (Å²) in [6.07, 6.45) is -3.08. The van der Waals surface area contributed by atoms with Gasteiger partial charge >= 0.3 is 6.18 Å². The summed E-state index contributed by atoms with van der Waals surface area (Å²) in [7, 11) is 0. The Labute approximate surface area is 197 Å². The van der Waals surface area contributed by atoms with Crippen LogP contribution in [-0.4, -0.2) is 38.7 Å². The molecule has 1 fully saturated rings. The fourth-order valence-electron chi connectivity index (χ4n) is 4.35. The third-order valence-electron chi connectivity index (χ3n) is 6.10. The van der Waals surface area contributed by atoms with Crippen LogP contribution in [0.25, 0.3) is 16.8 Å². The molecule has 1 amide bonds. The van der Waals surface area contributed by atoms with Crippen molar-refractivity contribution in [3.05, 3.63) is 87.7 Å². The minimum absolute atomic E-state index is 0.106. The normalized spacial score (nSPS) is 16.6. The van der Waals surface area contributed by atoms with E-state index in [1.807, 2.05) is 24.3 Å². The van der Waals surface area contributed by atoms with Gasteiger partial charge in [-0.3, -0.25) is 9.59 Å². The van der Waals surface area contributed by atoms with Crippen molar-refractivity contribution < 1.29 is 22.4 Å². The van der Waals surface area contributed by atoms with Crippen LogP contribution in [0.5, 0.6) is 0 Å². The predicted octanol–water partition coefficient (Wildman–Crippen LogP) is 4.72. The lowest BCUT2D eigenvalue weighted by Crippen LogP contribution is -2.42. The van der Waals surface area contributed by atoms with E-state index < -0.39 is 23.1 Å². The Kier molecular flexibility index (Phi) is 5.66. The maximum absolute atomic E-state index is 13.3. The summed E-state index contributed by atoms with van der Waals surface area (Å²) in [5.41, 5.74) is 0.0411. The van der Waals surface area contributed by atoms with E-state index in [0.29, 0.717) is 36.7 Å². The van der Waals surface area contributed by atoms with Crippen LogP contribution >= 0.6 is 0 Å². The van der Waals surface area contributed by atoms with Crippen molar-refractivity contribution in [3.8, 4) is 5.69 Å². The Bertz CT molecular complexity index is 1440. The van der Waals surface area contributed by atoms with Crippen LogP contribution in [0.15, 0.2) is 63.8 Å². The predicted molar refractivity (Wildman–Crippen MR) is 121 cm³/mol.